The van der Waals surface area contributed by atoms with E-state index in [4.69, 9.17) is 9.15 Å². The zero-order chi connectivity index (χ0) is 20.4. The fraction of sp³-hybridized carbons (Fsp3) is 0.0952. The largest absolute Gasteiger partial charge is 0.482 e. The van der Waals surface area contributed by atoms with Crippen LogP contribution in [0.2, 0.25) is 0 Å². The lowest BCUT2D eigenvalue weighted by Gasteiger charge is -2.12. The number of hydrogen-bond acceptors (Lipinski definition) is 5. The smallest absolute Gasteiger partial charge is 0.262 e. The molecule has 4 aromatic rings. The molecule has 0 saturated carbocycles. The Morgan fingerprint density at radius 3 is 2.83 bits per heavy atom. The SMILES string of the molecule is Cc1cc(Br)cc(Br)c1OCC(=O)Nc1cccc(-c2nc3ncccc3o2)c1. The summed E-state index contributed by atoms with van der Waals surface area (Å²) in [6.07, 6.45) is 1.66. The van der Waals surface area contributed by atoms with Crippen LogP contribution in [0.1, 0.15) is 5.56 Å². The molecule has 8 heteroatoms. The van der Waals surface area contributed by atoms with E-state index in [0.717, 1.165) is 20.1 Å². The second-order valence-corrected chi connectivity index (χ2v) is 8.07. The van der Waals surface area contributed by atoms with Gasteiger partial charge in [0.15, 0.2) is 17.8 Å². The summed E-state index contributed by atoms with van der Waals surface area (Å²) in [5, 5.41) is 2.83. The Morgan fingerprint density at radius 1 is 1.17 bits per heavy atom. The molecule has 0 bridgehead atoms. The fourth-order valence-corrected chi connectivity index (χ4v) is 4.38. The van der Waals surface area contributed by atoms with Crippen LogP contribution in [0.5, 0.6) is 5.75 Å². The Morgan fingerprint density at radius 2 is 2.03 bits per heavy atom. The van der Waals surface area contributed by atoms with Gasteiger partial charge in [-0.2, -0.15) is 4.98 Å². The maximum Gasteiger partial charge on any atom is 0.262 e. The minimum atomic E-state index is -0.268. The maximum absolute atomic E-state index is 12.4. The average molecular weight is 517 g/mol. The number of ether oxygens (including phenoxy) is 1. The van der Waals surface area contributed by atoms with Gasteiger partial charge in [0.05, 0.1) is 4.47 Å². The molecule has 2 aromatic heterocycles. The Bertz CT molecular complexity index is 1150. The number of carbonyl (C=O) groups is 1. The molecular formula is C21H15Br2N3O3. The number of nitrogens with zero attached hydrogens (tertiary/aromatic N) is 2. The summed E-state index contributed by atoms with van der Waals surface area (Å²) >= 11 is 6.88. The van der Waals surface area contributed by atoms with Crippen LogP contribution >= 0.6 is 31.9 Å². The first-order valence-corrected chi connectivity index (χ1v) is 10.3. The first-order valence-electron chi connectivity index (χ1n) is 8.70. The van der Waals surface area contributed by atoms with Gasteiger partial charge in [-0.05, 0) is 70.9 Å². The lowest BCUT2D eigenvalue weighted by molar-refractivity contribution is -0.118. The van der Waals surface area contributed by atoms with Crippen LogP contribution < -0.4 is 10.1 Å². The highest BCUT2D eigenvalue weighted by Gasteiger charge is 2.12. The van der Waals surface area contributed by atoms with E-state index < -0.39 is 0 Å². The van der Waals surface area contributed by atoms with Gasteiger partial charge in [-0.3, -0.25) is 4.79 Å². The summed E-state index contributed by atoms with van der Waals surface area (Å²) in [7, 11) is 0. The number of aryl methyl sites for hydroxylation is 1. The summed E-state index contributed by atoms with van der Waals surface area (Å²) in [6.45, 7) is 1.81. The van der Waals surface area contributed by atoms with Gasteiger partial charge in [0, 0.05) is 21.9 Å². The summed E-state index contributed by atoms with van der Waals surface area (Å²) < 4.78 is 13.1. The predicted octanol–water partition coefficient (Wildman–Crippen LogP) is 5.74. The highest BCUT2D eigenvalue weighted by Crippen LogP contribution is 2.32. The monoisotopic (exact) mass is 515 g/mol. The Kier molecular flexibility index (Phi) is 5.64. The molecule has 4 rings (SSSR count). The molecule has 6 nitrogen and oxygen atoms in total. The molecule has 0 unspecified atom stereocenters. The number of hydrogen-bond donors (Lipinski definition) is 1. The number of oxazole rings is 1. The number of benzene rings is 2. The summed E-state index contributed by atoms with van der Waals surface area (Å²) in [5.41, 5.74) is 3.44. The molecule has 0 saturated heterocycles. The number of rotatable bonds is 5. The zero-order valence-electron chi connectivity index (χ0n) is 15.3. The van der Waals surface area contributed by atoms with Crippen LogP contribution in [0.15, 0.2) is 68.1 Å². The Hall–Kier alpha value is -2.71. The van der Waals surface area contributed by atoms with Crippen molar-refractivity contribution in [3.8, 4) is 17.2 Å². The zero-order valence-corrected chi connectivity index (χ0v) is 18.5. The molecule has 146 valence electrons. The van der Waals surface area contributed by atoms with Crippen molar-refractivity contribution in [3.63, 3.8) is 0 Å². The van der Waals surface area contributed by atoms with E-state index >= 15 is 0 Å². The van der Waals surface area contributed by atoms with Gasteiger partial charge < -0.3 is 14.5 Å². The van der Waals surface area contributed by atoms with Gasteiger partial charge in [-0.1, -0.05) is 22.0 Å². The third-order valence-corrected chi connectivity index (χ3v) is 5.15. The van der Waals surface area contributed by atoms with E-state index in [1.165, 1.54) is 0 Å². The standard InChI is InChI=1S/C21H15Br2N3O3/c1-12-8-14(22)10-16(23)19(12)28-11-18(27)25-15-5-2-4-13(9-15)21-26-20-17(29-21)6-3-7-24-20/h2-10H,11H2,1H3,(H,25,27). The van der Waals surface area contributed by atoms with Crippen molar-refractivity contribution in [1.29, 1.82) is 0 Å². The van der Waals surface area contributed by atoms with Crippen LogP contribution in [-0.2, 0) is 4.79 Å². The van der Waals surface area contributed by atoms with Crippen molar-refractivity contribution in [1.82, 2.24) is 9.97 Å². The molecule has 0 aliphatic heterocycles. The number of carbonyl (C=O) groups excluding carboxylic acids is 1. The van der Waals surface area contributed by atoms with Crippen LogP contribution in [0.25, 0.3) is 22.7 Å². The lowest BCUT2D eigenvalue weighted by atomic mass is 10.2. The number of anilines is 1. The highest BCUT2D eigenvalue weighted by molar-refractivity contribution is 9.11. The topological polar surface area (TPSA) is 77.2 Å². The first kappa shape index (κ1) is 19.6. The number of amides is 1. The number of fused-ring (bicyclic) bond motifs is 1. The van der Waals surface area contributed by atoms with Gasteiger partial charge in [0.2, 0.25) is 5.89 Å². The van der Waals surface area contributed by atoms with Crippen LogP contribution in [0.3, 0.4) is 0 Å². The molecule has 0 spiro atoms. The van der Waals surface area contributed by atoms with Crippen LogP contribution in [0.4, 0.5) is 5.69 Å². The van der Waals surface area contributed by atoms with Gasteiger partial charge in [0.25, 0.3) is 5.91 Å². The Labute approximate surface area is 183 Å². The number of pyridine rings is 1. The third kappa shape index (κ3) is 4.49. The van der Waals surface area contributed by atoms with Gasteiger partial charge in [-0.15, -0.1) is 0 Å². The molecule has 0 radical (unpaired) electrons. The lowest BCUT2D eigenvalue weighted by Crippen LogP contribution is -2.20. The van der Waals surface area contributed by atoms with Gasteiger partial charge in [-0.25, -0.2) is 4.98 Å². The molecule has 2 aromatic carbocycles. The van der Waals surface area contributed by atoms with Crippen molar-refractivity contribution < 1.29 is 13.9 Å². The molecule has 29 heavy (non-hydrogen) atoms. The van der Waals surface area contributed by atoms with Crippen molar-refractivity contribution in [2.75, 3.05) is 11.9 Å². The maximum atomic E-state index is 12.4. The van der Waals surface area contributed by atoms with E-state index in [0.29, 0.717) is 28.6 Å². The Balaban J connectivity index is 1.46. The van der Waals surface area contributed by atoms with E-state index in [-0.39, 0.29) is 12.5 Å². The number of halogens is 2. The van der Waals surface area contributed by atoms with E-state index in [1.807, 2.05) is 37.3 Å². The molecule has 0 atom stereocenters. The quantitative estimate of drug-likeness (QED) is 0.366. The van der Waals surface area contributed by atoms with Crippen LogP contribution in [0, 0.1) is 6.92 Å². The summed E-state index contributed by atoms with van der Waals surface area (Å²) in [5.74, 6) is 0.812. The molecule has 0 aliphatic rings. The molecule has 0 aliphatic carbocycles. The summed E-state index contributed by atoms with van der Waals surface area (Å²) in [4.78, 5) is 20.9. The second-order valence-electron chi connectivity index (χ2n) is 6.30. The average Bonchev–Trinajstić information content (AvgIpc) is 3.11. The van der Waals surface area contributed by atoms with Crippen molar-refractivity contribution in [2.24, 2.45) is 0 Å². The molecule has 1 amide bonds. The highest BCUT2D eigenvalue weighted by atomic mass is 79.9. The normalized spacial score (nSPS) is 10.9. The van der Waals surface area contributed by atoms with Crippen molar-refractivity contribution in [3.05, 3.63) is 69.2 Å². The molecule has 2 heterocycles. The molecule has 0 fully saturated rings. The van der Waals surface area contributed by atoms with E-state index in [9.17, 15) is 4.79 Å². The fourth-order valence-electron chi connectivity index (χ4n) is 2.83. The third-order valence-electron chi connectivity index (χ3n) is 4.10. The van der Waals surface area contributed by atoms with Crippen molar-refractivity contribution in [2.45, 2.75) is 6.92 Å². The second kappa shape index (κ2) is 8.34. The number of aromatic nitrogens is 2. The first-order chi connectivity index (χ1) is 14.0. The predicted molar refractivity (Wildman–Crippen MR) is 118 cm³/mol. The minimum absolute atomic E-state index is 0.113. The van der Waals surface area contributed by atoms with E-state index in [2.05, 4.69) is 47.1 Å². The van der Waals surface area contributed by atoms with Gasteiger partial charge in [0.1, 0.15) is 5.75 Å². The molecule has 1 N–H and O–H groups in total. The van der Waals surface area contributed by atoms with Crippen molar-refractivity contribution >= 4 is 54.7 Å². The van der Waals surface area contributed by atoms with Gasteiger partial charge >= 0.3 is 0 Å². The summed E-state index contributed by atoms with van der Waals surface area (Å²) in [6, 6.07) is 14.7. The minimum Gasteiger partial charge on any atom is -0.482 e. The van der Waals surface area contributed by atoms with E-state index in [1.54, 1.807) is 24.4 Å². The molecular weight excluding hydrogens is 502 g/mol. The van der Waals surface area contributed by atoms with Crippen LogP contribution in [-0.4, -0.2) is 22.5 Å². The number of nitrogens with one attached hydrogen (secondary N) is 1.